The van der Waals surface area contributed by atoms with Gasteiger partial charge in [0.25, 0.3) is 0 Å². The minimum Gasteiger partial charge on any atom is -0.497 e. The van der Waals surface area contributed by atoms with Crippen molar-refractivity contribution >= 4 is 0 Å². The molecule has 2 heteroatoms. The first-order valence-corrected chi connectivity index (χ1v) is 6.01. The van der Waals surface area contributed by atoms with Crippen molar-refractivity contribution in [3.63, 3.8) is 0 Å². The monoisotopic (exact) mass is 242 g/mol. The number of methoxy groups -OCH3 is 1. The molecule has 2 nitrogen and oxygen atoms in total. The van der Waals surface area contributed by atoms with Gasteiger partial charge >= 0.3 is 0 Å². The van der Waals surface area contributed by atoms with Crippen molar-refractivity contribution in [3.05, 3.63) is 64.7 Å². The van der Waals surface area contributed by atoms with E-state index >= 15 is 0 Å². The smallest absolute Gasteiger partial charge is 0.119 e. The van der Waals surface area contributed by atoms with Crippen LogP contribution in [0.4, 0.5) is 0 Å². The van der Waals surface area contributed by atoms with Crippen LogP contribution < -0.4 is 4.74 Å². The molecule has 0 aliphatic heterocycles. The van der Waals surface area contributed by atoms with Crippen LogP contribution in [0.25, 0.3) is 0 Å². The van der Waals surface area contributed by atoms with Crippen LogP contribution in [0.2, 0.25) is 0 Å². The lowest BCUT2D eigenvalue weighted by atomic mass is 9.97. The summed E-state index contributed by atoms with van der Waals surface area (Å²) in [6, 6.07) is 13.7. The molecule has 0 amide bonds. The van der Waals surface area contributed by atoms with Gasteiger partial charge < -0.3 is 9.84 Å². The van der Waals surface area contributed by atoms with E-state index in [1.165, 1.54) is 5.56 Å². The molecule has 2 aromatic carbocycles. The highest BCUT2D eigenvalue weighted by Gasteiger charge is 2.13. The zero-order valence-electron chi connectivity index (χ0n) is 11.0. The van der Waals surface area contributed by atoms with Gasteiger partial charge in [0.2, 0.25) is 0 Å². The van der Waals surface area contributed by atoms with Gasteiger partial charge in [-0.1, -0.05) is 35.9 Å². The Morgan fingerprint density at radius 1 is 1.00 bits per heavy atom. The summed E-state index contributed by atoms with van der Waals surface area (Å²) < 4.78 is 5.17. The molecule has 1 unspecified atom stereocenters. The van der Waals surface area contributed by atoms with E-state index in [9.17, 15) is 5.11 Å². The van der Waals surface area contributed by atoms with E-state index < -0.39 is 6.10 Å². The van der Waals surface area contributed by atoms with Gasteiger partial charge in [-0.15, -0.1) is 0 Å². The fourth-order valence-electron chi connectivity index (χ4n) is 2.01. The average Bonchev–Trinajstić information content (AvgIpc) is 2.38. The van der Waals surface area contributed by atoms with Gasteiger partial charge in [0.1, 0.15) is 11.9 Å². The SMILES string of the molecule is COc1ccc(C(O)c2ccc(C)cc2)c(C)c1. The minimum absolute atomic E-state index is 0.587. The molecule has 1 atom stereocenters. The normalized spacial score (nSPS) is 12.2. The number of aryl methyl sites for hydroxylation is 2. The number of hydrogen-bond acceptors (Lipinski definition) is 2. The highest BCUT2D eigenvalue weighted by atomic mass is 16.5. The zero-order chi connectivity index (χ0) is 13.1. The summed E-state index contributed by atoms with van der Waals surface area (Å²) in [7, 11) is 1.64. The van der Waals surface area contributed by atoms with Gasteiger partial charge in [-0.25, -0.2) is 0 Å². The first-order chi connectivity index (χ1) is 8.61. The van der Waals surface area contributed by atoms with Gasteiger partial charge in [0, 0.05) is 0 Å². The van der Waals surface area contributed by atoms with Crippen molar-refractivity contribution in [2.45, 2.75) is 20.0 Å². The van der Waals surface area contributed by atoms with Crippen LogP contribution in [0.3, 0.4) is 0 Å². The molecule has 1 N–H and O–H groups in total. The molecule has 0 saturated heterocycles. The average molecular weight is 242 g/mol. The predicted molar refractivity (Wildman–Crippen MR) is 73.0 cm³/mol. The lowest BCUT2D eigenvalue weighted by Crippen LogP contribution is -2.02. The van der Waals surface area contributed by atoms with E-state index in [0.29, 0.717) is 0 Å². The summed E-state index contributed by atoms with van der Waals surface area (Å²) >= 11 is 0. The maximum atomic E-state index is 10.4. The van der Waals surface area contributed by atoms with Crippen molar-refractivity contribution in [2.75, 3.05) is 7.11 Å². The van der Waals surface area contributed by atoms with Crippen LogP contribution in [0.15, 0.2) is 42.5 Å². The number of hydrogen-bond donors (Lipinski definition) is 1. The van der Waals surface area contributed by atoms with Crippen LogP contribution in [0.5, 0.6) is 5.75 Å². The van der Waals surface area contributed by atoms with E-state index in [2.05, 4.69) is 0 Å². The molecule has 2 aromatic rings. The Balaban J connectivity index is 2.33. The lowest BCUT2D eigenvalue weighted by molar-refractivity contribution is 0.219. The number of aliphatic hydroxyl groups excluding tert-OH is 1. The Morgan fingerprint density at radius 3 is 2.22 bits per heavy atom. The van der Waals surface area contributed by atoms with Crippen molar-refractivity contribution in [2.24, 2.45) is 0 Å². The molecule has 0 fully saturated rings. The van der Waals surface area contributed by atoms with Crippen LogP contribution >= 0.6 is 0 Å². The topological polar surface area (TPSA) is 29.5 Å². The quantitative estimate of drug-likeness (QED) is 0.894. The second-order valence-electron chi connectivity index (χ2n) is 4.54. The fourth-order valence-corrected chi connectivity index (χ4v) is 2.01. The van der Waals surface area contributed by atoms with E-state index in [0.717, 1.165) is 22.4 Å². The molecule has 0 radical (unpaired) electrons. The first kappa shape index (κ1) is 12.7. The molecule has 0 aliphatic rings. The molecular weight excluding hydrogens is 224 g/mol. The highest BCUT2D eigenvalue weighted by molar-refractivity contribution is 5.40. The van der Waals surface area contributed by atoms with Crippen LogP contribution in [0, 0.1) is 13.8 Å². The Morgan fingerprint density at radius 2 is 1.67 bits per heavy atom. The Kier molecular flexibility index (Phi) is 3.68. The molecule has 0 saturated carbocycles. The third kappa shape index (κ3) is 2.54. The van der Waals surface area contributed by atoms with Gasteiger partial charge in [0.15, 0.2) is 0 Å². The van der Waals surface area contributed by atoms with E-state index in [-0.39, 0.29) is 0 Å². The molecule has 94 valence electrons. The molecule has 0 aromatic heterocycles. The van der Waals surface area contributed by atoms with Crippen molar-refractivity contribution in [1.29, 1.82) is 0 Å². The van der Waals surface area contributed by atoms with Gasteiger partial charge in [0.05, 0.1) is 7.11 Å². The summed E-state index contributed by atoms with van der Waals surface area (Å²) in [5, 5.41) is 10.4. The second kappa shape index (κ2) is 5.23. The molecule has 0 heterocycles. The molecular formula is C16H18O2. The van der Waals surface area contributed by atoms with Crippen molar-refractivity contribution in [1.82, 2.24) is 0 Å². The Bertz CT molecular complexity index is 529. The number of aliphatic hydroxyl groups is 1. The fraction of sp³-hybridized carbons (Fsp3) is 0.250. The van der Waals surface area contributed by atoms with E-state index in [4.69, 9.17) is 4.74 Å². The summed E-state index contributed by atoms with van der Waals surface area (Å²) in [6.07, 6.45) is -0.587. The maximum Gasteiger partial charge on any atom is 0.119 e. The van der Waals surface area contributed by atoms with Gasteiger partial charge in [-0.2, -0.15) is 0 Å². The largest absolute Gasteiger partial charge is 0.497 e. The minimum atomic E-state index is -0.587. The summed E-state index contributed by atoms with van der Waals surface area (Å²) in [5.74, 6) is 0.812. The third-order valence-electron chi connectivity index (χ3n) is 3.16. The van der Waals surface area contributed by atoms with Crippen LogP contribution in [-0.4, -0.2) is 12.2 Å². The van der Waals surface area contributed by atoms with Crippen LogP contribution in [-0.2, 0) is 0 Å². The molecule has 0 spiro atoms. The molecule has 18 heavy (non-hydrogen) atoms. The molecule has 2 rings (SSSR count). The highest BCUT2D eigenvalue weighted by Crippen LogP contribution is 2.27. The Labute approximate surface area is 108 Å². The summed E-state index contributed by atoms with van der Waals surface area (Å²) in [5.41, 5.74) is 4.05. The van der Waals surface area contributed by atoms with Crippen molar-refractivity contribution < 1.29 is 9.84 Å². The van der Waals surface area contributed by atoms with E-state index in [1.54, 1.807) is 7.11 Å². The Hall–Kier alpha value is -1.80. The molecule has 0 aliphatic carbocycles. The first-order valence-electron chi connectivity index (χ1n) is 6.01. The molecule has 0 bridgehead atoms. The number of ether oxygens (including phenoxy) is 1. The summed E-state index contributed by atoms with van der Waals surface area (Å²) in [6.45, 7) is 4.02. The second-order valence-corrected chi connectivity index (χ2v) is 4.54. The third-order valence-corrected chi connectivity index (χ3v) is 3.16. The number of rotatable bonds is 3. The van der Waals surface area contributed by atoms with E-state index in [1.807, 2.05) is 56.3 Å². The zero-order valence-corrected chi connectivity index (χ0v) is 11.0. The summed E-state index contributed by atoms with van der Waals surface area (Å²) in [4.78, 5) is 0. The standard InChI is InChI=1S/C16H18O2/c1-11-4-6-13(7-5-11)16(17)15-9-8-14(18-3)10-12(15)2/h4-10,16-17H,1-3H3. The maximum absolute atomic E-state index is 10.4. The van der Waals surface area contributed by atoms with Gasteiger partial charge in [-0.3, -0.25) is 0 Å². The number of benzene rings is 2. The van der Waals surface area contributed by atoms with Crippen molar-refractivity contribution in [3.8, 4) is 5.75 Å². The van der Waals surface area contributed by atoms with Crippen LogP contribution in [0.1, 0.15) is 28.4 Å². The van der Waals surface area contributed by atoms with Gasteiger partial charge in [-0.05, 0) is 42.7 Å². The lowest BCUT2D eigenvalue weighted by Gasteiger charge is -2.15. The predicted octanol–water partition coefficient (Wildman–Crippen LogP) is 3.39.